The molecule has 2 saturated carbocycles. The molecule has 0 amide bonds. The molecular weight excluding hydrogens is 208 g/mol. The van der Waals surface area contributed by atoms with Crippen LogP contribution >= 0.6 is 0 Å². The second-order valence-electron chi connectivity index (χ2n) is 7.15. The van der Waals surface area contributed by atoms with Crippen molar-refractivity contribution in [1.82, 2.24) is 10.2 Å². The van der Waals surface area contributed by atoms with Gasteiger partial charge >= 0.3 is 0 Å². The number of nitrogens with zero attached hydrogens (tertiary/aromatic N) is 1. The van der Waals surface area contributed by atoms with Gasteiger partial charge in [-0.05, 0) is 49.4 Å². The molecule has 0 aromatic carbocycles. The SMILES string of the molecule is CC(C)CC1CN(CC2(C3CC3)CC2)CCN1. The van der Waals surface area contributed by atoms with E-state index in [4.69, 9.17) is 0 Å². The van der Waals surface area contributed by atoms with Gasteiger partial charge in [0.05, 0.1) is 0 Å². The quantitative estimate of drug-likeness (QED) is 0.789. The Bertz CT molecular complexity index is 266. The van der Waals surface area contributed by atoms with E-state index < -0.39 is 0 Å². The Labute approximate surface area is 106 Å². The van der Waals surface area contributed by atoms with E-state index >= 15 is 0 Å². The lowest BCUT2D eigenvalue weighted by Crippen LogP contribution is -2.52. The summed E-state index contributed by atoms with van der Waals surface area (Å²) in [6.45, 7) is 9.88. The van der Waals surface area contributed by atoms with Crippen LogP contribution in [0.15, 0.2) is 0 Å². The lowest BCUT2D eigenvalue weighted by Gasteiger charge is -2.36. The molecule has 98 valence electrons. The largest absolute Gasteiger partial charge is 0.311 e. The third-order valence-corrected chi connectivity index (χ3v) is 4.97. The zero-order valence-electron chi connectivity index (χ0n) is 11.5. The molecule has 1 atom stereocenters. The number of hydrogen-bond donors (Lipinski definition) is 1. The van der Waals surface area contributed by atoms with Crippen LogP contribution in [-0.4, -0.2) is 37.1 Å². The summed E-state index contributed by atoms with van der Waals surface area (Å²) < 4.78 is 0. The normalized spacial score (nSPS) is 33.0. The maximum absolute atomic E-state index is 3.69. The van der Waals surface area contributed by atoms with Crippen molar-refractivity contribution < 1.29 is 0 Å². The number of piperazine rings is 1. The summed E-state index contributed by atoms with van der Waals surface area (Å²) in [5, 5.41) is 3.69. The molecule has 1 N–H and O–H groups in total. The molecule has 1 aliphatic heterocycles. The van der Waals surface area contributed by atoms with Crippen molar-refractivity contribution in [3.63, 3.8) is 0 Å². The molecule has 3 rings (SSSR count). The minimum atomic E-state index is 0.749. The Morgan fingerprint density at radius 3 is 2.65 bits per heavy atom. The first-order valence-electron chi connectivity index (χ1n) is 7.64. The van der Waals surface area contributed by atoms with E-state index in [1.54, 1.807) is 0 Å². The fourth-order valence-corrected chi connectivity index (χ4v) is 3.76. The van der Waals surface area contributed by atoms with E-state index in [1.807, 2.05) is 0 Å². The summed E-state index contributed by atoms with van der Waals surface area (Å²) in [4.78, 5) is 2.76. The van der Waals surface area contributed by atoms with E-state index in [2.05, 4.69) is 24.1 Å². The summed E-state index contributed by atoms with van der Waals surface area (Å²) >= 11 is 0. The molecule has 1 unspecified atom stereocenters. The summed E-state index contributed by atoms with van der Waals surface area (Å²) in [5.74, 6) is 1.94. The van der Waals surface area contributed by atoms with Crippen molar-refractivity contribution in [1.29, 1.82) is 0 Å². The standard InChI is InChI=1S/C15H28N2/c1-12(2)9-14-10-17(8-7-16-14)11-15(5-6-15)13-3-4-13/h12-14,16H,3-11H2,1-2H3. The average molecular weight is 236 g/mol. The number of hydrogen-bond acceptors (Lipinski definition) is 2. The topological polar surface area (TPSA) is 15.3 Å². The van der Waals surface area contributed by atoms with E-state index in [1.165, 1.54) is 58.3 Å². The molecule has 0 aromatic rings. The van der Waals surface area contributed by atoms with Crippen LogP contribution in [-0.2, 0) is 0 Å². The zero-order chi connectivity index (χ0) is 11.9. The summed E-state index contributed by atoms with van der Waals surface area (Å²) in [6.07, 6.45) is 7.45. The van der Waals surface area contributed by atoms with E-state index in [0.29, 0.717) is 0 Å². The zero-order valence-corrected chi connectivity index (χ0v) is 11.5. The molecular formula is C15H28N2. The highest BCUT2D eigenvalue weighted by molar-refractivity contribution is 5.05. The first-order chi connectivity index (χ1) is 8.18. The van der Waals surface area contributed by atoms with Gasteiger partial charge in [-0.3, -0.25) is 4.90 Å². The highest BCUT2D eigenvalue weighted by Crippen LogP contribution is 2.61. The fraction of sp³-hybridized carbons (Fsp3) is 1.00. The molecule has 0 aromatic heterocycles. The van der Waals surface area contributed by atoms with Crippen LogP contribution in [0.5, 0.6) is 0 Å². The minimum Gasteiger partial charge on any atom is -0.311 e. The van der Waals surface area contributed by atoms with Crippen molar-refractivity contribution in [2.75, 3.05) is 26.2 Å². The van der Waals surface area contributed by atoms with E-state index in [0.717, 1.165) is 23.3 Å². The van der Waals surface area contributed by atoms with Gasteiger partial charge in [0.15, 0.2) is 0 Å². The Kier molecular flexibility index (Phi) is 3.20. The first-order valence-corrected chi connectivity index (χ1v) is 7.64. The van der Waals surface area contributed by atoms with Crippen molar-refractivity contribution in [2.45, 2.75) is 52.0 Å². The predicted molar refractivity (Wildman–Crippen MR) is 72.1 cm³/mol. The monoisotopic (exact) mass is 236 g/mol. The molecule has 0 spiro atoms. The molecule has 0 bridgehead atoms. The van der Waals surface area contributed by atoms with Gasteiger partial charge in [-0.15, -0.1) is 0 Å². The van der Waals surface area contributed by atoms with Crippen molar-refractivity contribution in [3.05, 3.63) is 0 Å². The molecule has 3 aliphatic rings. The Balaban J connectivity index is 1.50. The van der Waals surface area contributed by atoms with Gasteiger partial charge in [0, 0.05) is 32.2 Å². The Morgan fingerprint density at radius 1 is 1.29 bits per heavy atom. The Morgan fingerprint density at radius 2 is 2.06 bits per heavy atom. The molecule has 2 heteroatoms. The molecule has 1 saturated heterocycles. The van der Waals surface area contributed by atoms with Crippen LogP contribution in [0.4, 0.5) is 0 Å². The maximum Gasteiger partial charge on any atom is 0.0198 e. The van der Waals surface area contributed by atoms with Gasteiger partial charge in [0.2, 0.25) is 0 Å². The number of rotatable bonds is 5. The highest BCUT2D eigenvalue weighted by atomic mass is 15.2. The van der Waals surface area contributed by atoms with Crippen LogP contribution in [0.2, 0.25) is 0 Å². The third kappa shape index (κ3) is 2.85. The summed E-state index contributed by atoms with van der Waals surface area (Å²) in [5.41, 5.74) is 0.791. The highest BCUT2D eigenvalue weighted by Gasteiger charge is 2.54. The molecule has 1 heterocycles. The molecule has 3 fully saturated rings. The van der Waals surface area contributed by atoms with Crippen molar-refractivity contribution in [3.8, 4) is 0 Å². The lowest BCUT2D eigenvalue weighted by atomic mass is 9.97. The van der Waals surface area contributed by atoms with Gasteiger partial charge in [-0.1, -0.05) is 13.8 Å². The van der Waals surface area contributed by atoms with Gasteiger partial charge in [-0.2, -0.15) is 0 Å². The van der Waals surface area contributed by atoms with Crippen LogP contribution in [0, 0.1) is 17.3 Å². The lowest BCUT2D eigenvalue weighted by molar-refractivity contribution is 0.147. The smallest absolute Gasteiger partial charge is 0.0198 e. The first kappa shape index (κ1) is 12.0. The molecule has 2 aliphatic carbocycles. The van der Waals surface area contributed by atoms with Crippen LogP contribution < -0.4 is 5.32 Å². The summed E-state index contributed by atoms with van der Waals surface area (Å²) in [6, 6.07) is 0.749. The van der Waals surface area contributed by atoms with Crippen molar-refractivity contribution in [2.24, 2.45) is 17.3 Å². The second kappa shape index (κ2) is 4.55. The molecule has 17 heavy (non-hydrogen) atoms. The van der Waals surface area contributed by atoms with Gasteiger partial charge in [-0.25, -0.2) is 0 Å². The third-order valence-electron chi connectivity index (χ3n) is 4.97. The Hall–Kier alpha value is -0.0800. The van der Waals surface area contributed by atoms with Gasteiger partial charge < -0.3 is 5.32 Å². The average Bonchev–Trinajstić information content (AvgIpc) is 3.12. The van der Waals surface area contributed by atoms with Crippen LogP contribution in [0.1, 0.15) is 46.0 Å². The maximum atomic E-state index is 3.69. The predicted octanol–water partition coefficient (Wildman–Crippen LogP) is 2.50. The van der Waals surface area contributed by atoms with Crippen LogP contribution in [0.3, 0.4) is 0 Å². The van der Waals surface area contributed by atoms with E-state index in [-0.39, 0.29) is 0 Å². The fourth-order valence-electron chi connectivity index (χ4n) is 3.76. The van der Waals surface area contributed by atoms with E-state index in [9.17, 15) is 0 Å². The summed E-state index contributed by atoms with van der Waals surface area (Å²) in [7, 11) is 0. The molecule has 0 radical (unpaired) electrons. The second-order valence-corrected chi connectivity index (χ2v) is 7.15. The molecule has 2 nitrogen and oxygen atoms in total. The number of nitrogens with one attached hydrogen (secondary N) is 1. The van der Waals surface area contributed by atoms with Crippen molar-refractivity contribution >= 4 is 0 Å². The minimum absolute atomic E-state index is 0.749. The van der Waals surface area contributed by atoms with Gasteiger partial charge in [0.1, 0.15) is 0 Å². The van der Waals surface area contributed by atoms with Gasteiger partial charge in [0.25, 0.3) is 0 Å². The van der Waals surface area contributed by atoms with Crippen LogP contribution in [0.25, 0.3) is 0 Å².